The van der Waals surface area contributed by atoms with Gasteiger partial charge in [-0.2, -0.15) is 0 Å². The van der Waals surface area contributed by atoms with Gasteiger partial charge in [0.15, 0.2) is 0 Å². The highest BCUT2D eigenvalue weighted by atomic mass is 16.5. The van der Waals surface area contributed by atoms with E-state index < -0.39 is 0 Å². The van der Waals surface area contributed by atoms with E-state index in [1.54, 1.807) is 0 Å². The van der Waals surface area contributed by atoms with E-state index in [-0.39, 0.29) is 11.9 Å². The molecule has 1 N–H and O–H groups in total. The molecule has 0 aromatic carbocycles. The van der Waals surface area contributed by atoms with Crippen LogP contribution in [0.25, 0.3) is 0 Å². The van der Waals surface area contributed by atoms with Crippen LogP contribution in [-0.4, -0.2) is 56.3 Å². The smallest absolute Gasteiger partial charge is 0.243 e. The van der Waals surface area contributed by atoms with E-state index >= 15 is 0 Å². The molecule has 2 fully saturated rings. The van der Waals surface area contributed by atoms with Gasteiger partial charge in [-0.15, -0.1) is 0 Å². The van der Waals surface area contributed by atoms with Gasteiger partial charge in [-0.3, -0.25) is 4.79 Å². The van der Waals surface area contributed by atoms with Crippen LogP contribution < -0.4 is 15.1 Å². The van der Waals surface area contributed by atoms with Crippen LogP contribution in [0.5, 0.6) is 0 Å². The Balaban J connectivity index is 1.59. The summed E-state index contributed by atoms with van der Waals surface area (Å²) < 4.78 is 5.36. The van der Waals surface area contributed by atoms with Crippen LogP contribution in [0.15, 0.2) is 30.9 Å². The highest BCUT2D eigenvalue weighted by Gasteiger charge is 2.28. The van der Waals surface area contributed by atoms with Gasteiger partial charge in [0.25, 0.3) is 0 Å². The van der Waals surface area contributed by atoms with E-state index in [4.69, 9.17) is 9.72 Å². The van der Waals surface area contributed by atoms with Gasteiger partial charge < -0.3 is 19.9 Å². The van der Waals surface area contributed by atoms with E-state index in [0.29, 0.717) is 0 Å². The molecule has 0 bridgehead atoms. The second kappa shape index (κ2) is 6.13. The molecule has 1 aromatic rings. The minimum atomic E-state index is -0.116. The van der Waals surface area contributed by atoms with Gasteiger partial charge in [0.2, 0.25) is 5.91 Å². The molecule has 0 unspecified atom stereocenters. The molecule has 2 saturated heterocycles. The summed E-state index contributed by atoms with van der Waals surface area (Å²) in [6.45, 7) is 8.32. The first-order chi connectivity index (χ1) is 10.3. The second-order valence-electron chi connectivity index (χ2n) is 5.27. The second-order valence-corrected chi connectivity index (χ2v) is 5.27. The van der Waals surface area contributed by atoms with Crippen LogP contribution in [0.1, 0.15) is 0 Å². The number of amides is 1. The van der Waals surface area contributed by atoms with Crippen molar-refractivity contribution in [2.45, 2.75) is 6.04 Å². The van der Waals surface area contributed by atoms with E-state index in [0.717, 1.165) is 51.0 Å². The summed E-state index contributed by atoms with van der Waals surface area (Å²) in [5.74, 6) is 1.84. The molecule has 0 saturated carbocycles. The third kappa shape index (κ3) is 3.16. The van der Waals surface area contributed by atoms with Crippen molar-refractivity contribution in [3.63, 3.8) is 0 Å². The summed E-state index contributed by atoms with van der Waals surface area (Å²) in [5, 5.41) is 2.89. The molecule has 6 heteroatoms. The number of carbonyl (C=O) groups excluding carboxylic acids is 1. The zero-order chi connectivity index (χ0) is 14.7. The number of ether oxygens (including phenoxy) is 1. The summed E-state index contributed by atoms with van der Waals surface area (Å²) in [4.78, 5) is 20.4. The fraction of sp³-hybridized carbons (Fsp3) is 0.467. The van der Waals surface area contributed by atoms with Gasteiger partial charge in [-0.25, -0.2) is 4.98 Å². The van der Waals surface area contributed by atoms with Crippen molar-refractivity contribution in [1.29, 1.82) is 0 Å². The number of rotatable bonds is 4. The van der Waals surface area contributed by atoms with E-state index in [2.05, 4.69) is 21.7 Å². The van der Waals surface area contributed by atoms with Crippen molar-refractivity contribution in [3.05, 3.63) is 30.9 Å². The van der Waals surface area contributed by atoms with E-state index in [1.165, 1.54) is 6.08 Å². The number of pyridine rings is 1. The van der Waals surface area contributed by atoms with Gasteiger partial charge in [-0.1, -0.05) is 12.6 Å². The number of hydrogen-bond donors (Lipinski definition) is 1. The number of aromatic nitrogens is 1. The van der Waals surface area contributed by atoms with Gasteiger partial charge >= 0.3 is 0 Å². The molecule has 112 valence electrons. The Morgan fingerprint density at radius 2 is 1.95 bits per heavy atom. The quantitative estimate of drug-likeness (QED) is 0.813. The Morgan fingerprint density at radius 1 is 1.29 bits per heavy atom. The average molecular weight is 288 g/mol. The largest absolute Gasteiger partial charge is 0.378 e. The maximum atomic E-state index is 11.2. The predicted octanol–water partition coefficient (Wildman–Crippen LogP) is 0.409. The molecule has 21 heavy (non-hydrogen) atoms. The number of hydrogen-bond acceptors (Lipinski definition) is 5. The minimum absolute atomic E-state index is 0.116. The summed E-state index contributed by atoms with van der Waals surface area (Å²) in [5.41, 5.74) is 0. The van der Waals surface area contributed by atoms with Crippen LogP contribution >= 0.6 is 0 Å². The number of anilines is 2. The van der Waals surface area contributed by atoms with Crippen LogP contribution in [0.2, 0.25) is 0 Å². The topological polar surface area (TPSA) is 57.7 Å². The van der Waals surface area contributed by atoms with Crippen molar-refractivity contribution in [1.82, 2.24) is 10.3 Å². The van der Waals surface area contributed by atoms with E-state index in [1.807, 2.05) is 18.2 Å². The van der Waals surface area contributed by atoms with Crippen LogP contribution in [-0.2, 0) is 9.53 Å². The molecule has 2 aliphatic rings. The third-order valence-electron chi connectivity index (χ3n) is 3.79. The average Bonchev–Trinajstić information content (AvgIpc) is 2.51. The minimum Gasteiger partial charge on any atom is -0.378 e. The standard InChI is InChI=1S/C15H20N4O2/c1-2-15(20)16-12-10-19(11-12)14-5-3-4-13(17-14)18-6-8-21-9-7-18/h2-5,12H,1,6-11H2,(H,16,20). The molecule has 3 heterocycles. The van der Waals surface area contributed by atoms with Crippen molar-refractivity contribution < 1.29 is 9.53 Å². The van der Waals surface area contributed by atoms with Crippen molar-refractivity contribution >= 4 is 17.5 Å². The summed E-state index contributed by atoms with van der Waals surface area (Å²) in [6, 6.07) is 6.26. The van der Waals surface area contributed by atoms with Gasteiger partial charge in [0, 0.05) is 26.2 Å². The predicted molar refractivity (Wildman–Crippen MR) is 81.6 cm³/mol. The lowest BCUT2D eigenvalue weighted by atomic mass is 10.1. The Hall–Kier alpha value is -2.08. The molecular formula is C15H20N4O2. The van der Waals surface area contributed by atoms with Gasteiger partial charge in [0.1, 0.15) is 11.6 Å². The molecular weight excluding hydrogens is 268 g/mol. The molecule has 1 aromatic heterocycles. The number of nitrogens with one attached hydrogen (secondary N) is 1. The summed E-state index contributed by atoms with van der Waals surface area (Å²) in [6.07, 6.45) is 1.31. The van der Waals surface area contributed by atoms with Crippen LogP contribution in [0, 0.1) is 0 Å². The van der Waals surface area contributed by atoms with Crippen molar-refractivity contribution in [2.75, 3.05) is 49.2 Å². The Bertz CT molecular complexity index is 522. The lowest BCUT2D eigenvalue weighted by molar-refractivity contribution is -0.117. The maximum absolute atomic E-state index is 11.2. The summed E-state index contributed by atoms with van der Waals surface area (Å²) >= 11 is 0. The van der Waals surface area contributed by atoms with E-state index in [9.17, 15) is 4.79 Å². The normalized spacial score (nSPS) is 19.0. The SMILES string of the molecule is C=CC(=O)NC1CN(c2cccc(N3CCOCC3)n2)C1. The highest BCUT2D eigenvalue weighted by Crippen LogP contribution is 2.22. The monoisotopic (exact) mass is 288 g/mol. The third-order valence-corrected chi connectivity index (χ3v) is 3.79. The Labute approximate surface area is 124 Å². The van der Waals surface area contributed by atoms with Crippen molar-refractivity contribution in [2.24, 2.45) is 0 Å². The first-order valence-corrected chi connectivity index (χ1v) is 7.24. The summed E-state index contributed by atoms with van der Waals surface area (Å²) in [7, 11) is 0. The highest BCUT2D eigenvalue weighted by molar-refractivity contribution is 5.87. The molecule has 0 radical (unpaired) electrons. The van der Waals surface area contributed by atoms with Gasteiger partial charge in [0.05, 0.1) is 19.3 Å². The molecule has 2 aliphatic heterocycles. The molecule has 0 spiro atoms. The Morgan fingerprint density at radius 3 is 2.62 bits per heavy atom. The van der Waals surface area contributed by atoms with Crippen molar-refractivity contribution in [3.8, 4) is 0 Å². The molecule has 0 aliphatic carbocycles. The maximum Gasteiger partial charge on any atom is 0.243 e. The van der Waals surface area contributed by atoms with Crippen LogP contribution in [0.4, 0.5) is 11.6 Å². The zero-order valence-corrected chi connectivity index (χ0v) is 12.0. The van der Waals surface area contributed by atoms with Crippen LogP contribution in [0.3, 0.4) is 0 Å². The fourth-order valence-corrected chi connectivity index (χ4v) is 2.57. The molecule has 6 nitrogen and oxygen atoms in total. The fourth-order valence-electron chi connectivity index (χ4n) is 2.57. The number of carbonyl (C=O) groups is 1. The first kappa shape index (κ1) is 13.9. The number of nitrogens with zero attached hydrogens (tertiary/aromatic N) is 3. The Kier molecular flexibility index (Phi) is 4.06. The lowest BCUT2D eigenvalue weighted by Gasteiger charge is -2.40. The van der Waals surface area contributed by atoms with Gasteiger partial charge in [-0.05, 0) is 18.2 Å². The molecule has 0 atom stereocenters. The molecule has 1 amide bonds. The lowest BCUT2D eigenvalue weighted by Crippen LogP contribution is -2.59. The molecule has 3 rings (SSSR count). The first-order valence-electron chi connectivity index (χ1n) is 7.24. The number of morpholine rings is 1. The zero-order valence-electron chi connectivity index (χ0n) is 12.0.